The molecule has 2 heteroatoms. The van der Waals surface area contributed by atoms with Gasteiger partial charge in [0.15, 0.2) is 5.78 Å². The van der Waals surface area contributed by atoms with E-state index in [0.29, 0.717) is 0 Å². The van der Waals surface area contributed by atoms with Gasteiger partial charge in [-0.15, -0.1) is 0 Å². The van der Waals surface area contributed by atoms with E-state index in [0.717, 1.165) is 39.2 Å². The molecule has 0 fully saturated rings. The Kier molecular flexibility index (Phi) is 5.14. The van der Waals surface area contributed by atoms with Gasteiger partial charge in [-0.2, -0.15) is 0 Å². The normalized spacial score (nSPS) is 10.3. The zero-order chi connectivity index (χ0) is 20.2. The zero-order valence-electron chi connectivity index (χ0n) is 16.5. The minimum atomic E-state index is 0.0629. The number of benzene rings is 3. The van der Waals surface area contributed by atoms with E-state index in [-0.39, 0.29) is 5.78 Å². The summed E-state index contributed by atoms with van der Waals surface area (Å²) >= 11 is 0. The van der Waals surface area contributed by atoms with Crippen molar-refractivity contribution in [3.63, 3.8) is 0 Å². The number of carbonyl (C=O) groups is 1. The Morgan fingerprint density at radius 1 is 0.793 bits per heavy atom. The molecule has 29 heavy (non-hydrogen) atoms. The molecule has 4 rings (SSSR count). The Hall–Kier alpha value is -3.83. The number of hydrogen-bond donors (Lipinski definition) is 0. The average molecular weight is 375 g/mol. The van der Waals surface area contributed by atoms with Crippen LogP contribution in [0.5, 0.6) is 0 Å². The second-order valence-electron chi connectivity index (χ2n) is 6.93. The molecule has 4 aromatic rings. The van der Waals surface area contributed by atoms with E-state index < -0.39 is 0 Å². The summed E-state index contributed by atoms with van der Waals surface area (Å²) in [6.07, 6.45) is 2.05. The van der Waals surface area contributed by atoms with Gasteiger partial charge in [-0.25, -0.2) is 0 Å². The van der Waals surface area contributed by atoms with Crippen molar-refractivity contribution in [2.45, 2.75) is 13.8 Å². The van der Waals surface area contributed by atoms with E-state index in [4.69, 9.17) is 0 Å². The molecule has 0 N–H and O–H groups in total. The predicted octanol–water partition coefficient (Wildman–Crippen LogP) is 6.06. The topological polar surface area (TPSA) is 22.0 Å². The number of Topliss-reactive ketones (excluding diaryl/α,β-unsaturated/α-hetero) is 1. The maximum atomic E-state index is 12.5. The van der Waals surface area contributed by atoms with Gasteiger partial charge in [-0.3, -0.25) is 4.79 Å². The summed E-state index contributed by atoms with van der Waals surface area (Å²) in [4.78, 5) is 12.5. The SMILES string of the molecule is CC(=O)c1c(-c2ccccc2)cn(-c2ccccc2C#Cc2ccccc2)c1C. The first-order valence-electron chi connectivity index (χ1n) is 9.60. The predicted molar refractivity (Wildman–Crippen MR) is 118 cm³/mol. The van der Waals surface area contributed by atoms with Gasteiger partial charge in [-0.05, 0) is 43.7 Å². The molecule has 0 radical (unpaired) electrons. The Morgan fingerprint density at radius 3 is 2.10 bits per heavy atom. The van der Waals surface area contributed by atoms with E-state index in [1.165, 1.54) is 0 Å². The molecule has 3 aromatic carbocycles. The number of hydrogen-bond acceptors (Lipinski definition) is 1. The minimum Gasteiger partial charge on any atom is -0.319 e. The van der Waals surface area contributed by atoms with Crippen LogP contribution in [0.25, 0.3) is 16.8 Å². The first-order chi connectivity index (χ1) is 14.1. The Bertz CT molecular complexity index is 1220. The van der Waals surface area contributed by atoms with Crippen molar-refractivity contribution in [3.8, 4) is 28.7 Å². The van der Waals surface area contributed by atoms with Gasteiger partial charge in [0.05, 0.1) is 5.69 Å². The Balaban J connectivity index is 1.87. The third-order valence-corrected chi connectivity index (χ3v) is 4.97. The maximum Gasteiger partial charge on any atom is 0.162 e. The highest BCUT2D eigenvalue weighted by Gasteiger charge is 2.19. The third kappa shape index (κ3) is 3.77. The molecule has 0 aliphatic rings. The molecule has 0 bridgehead atoms. The molecule has 1 aromatic heterocycles. The van der Waals surface area contributed by atoms with Crippen molar-refractivity contribution in [2.24, 2.45) is 0 Å². The molecular weight excluding hydrogens is 354 g/mol. The molecular formula is C27H21NO. The summed E-state index contributed by atoms with van der Waals surface area (Å²) in [5.41, 5.74) is 6.52. The van der Waals surface area contributed by atoms with E-state index in [2.05, 4.69) is 16.4 Å². The minimum absolute atomic E-state index is 0.0629. The highest BCUT2D eigenvalue weighted by atomic mass is 16.1. The maximum absolute atomic E-state index is 12.5. The van der Waals surface area contributed by atoms with Crippen LogP contribution in [0.15, 0.2) is 91.1 Å². The van der Waals surface area contributed by atoms with E-state index >= 15 is 0 Å². The van der Waals surface area contributed by atoms with Gasteiger partial charge < -0.3 is 4.57 Å². The highest BCUT2D eigenvalue weighted by molar-refractivity contribution is 6.02. The molecule has 0 atom stereocenters. The summed E-state index contributed by atoms with van der Waals surface area (Å²) in [5.74, 6) is 6.60. The van der Waals surface area contributed by atoms with Crippen molar-refractivity contribution in [1.82, 2.24) is 4.57 Å². The number of rotatable bonds is 3. The quantitative estimate of drug-likeness (QED) is 0.315. The lowest BCUT2D eigenvalue weighted by Gasteiger charge is -2.09. The van der Waals surface area contributed by atoms with Crippen molar-refractivity contribution in [2.75, 3.05) is 0 Å². The number of ketones is 1. The monoisotopic (exact) mass is 375 g/mol. The van der Waals surface area contributed by atoms with Crippen molar-refractivity contribution in [1.29, 1.82) is 0 Å². The summed E-state index contributed by atoms with van der Waals surface area (Å²) in [7, 11) is 0. The smallest absolute Gasteiger partial charge is 0.162 e. The van der Waals surface area contributed by atoms with Gasteiger partial charge in [0, 0.05) is 34.1 Å². The van der Waals surface area contributed by atoms with Gasteiger partial charge in [0.1, 0.15) is 0 Å². The van der Waals surface area contributed by atoms with Crippen LogP contribution in [0.3, 0.4) is 0 Å². The average Bonchev–Trinajstić information content (AvgIpc) is 3.11. The molecule has 0 amide bonds. The van der Waals surface area contributed by atoms with Gasteiger partial charge in [0.2, 0.25) is 0 Å². The van der Waals surface area contributed by atoms with Crippen LogP contribution in [0, 0.1) is 18.8 Å². The summed E-state index contributed by atoms with van der Waals surface area (Å²) < 4.78 is 2.08. The first kappa shape index (κ1) is 18.5. The van der Waals surface area contributed by atoms with Crippen LogP contribution in [-0.2, 0) is 0 Å². The van der Waals surface area contributed by atoms with Crippen LogP contribution >= 0.6 is 0 Å². The number of carbonyl (C=O) groups excluding carboxylic acids is 1. The Morgan fingerprint density at radius 2 is 1.41 bits per heavy atom. The fourth-order valence-corrected chi connectivity index (χ4v) is 3.59. The van der Waals surface area contributed by atoms with Crippen LogP contribution in [-0.4, -0.2) is 10.4 Å². The first-order valence-corrected chi connectivity index (χ1v) is 9.60. The van der Waals surface area contributed by atoms with Crippen LogP contribution in [0.2, 0.25) is 0 Å². The zero-order valence-corrected chi connectivity index (χ0v) is 16.5. The standard InChI is InChI=1S/C27H21NO/c1-20-27(21(2)29)25(23-13-7-4-8-14-23)19-28(20)26-16-10-9-15-24(26)18-17-22-11-5-3-6-12-22/h3-16,19H,1-2H3. The van der Waals surface area contributed by atoms with Crippen LogP contribution < -0.4 is 0 Å². The number of nitrogens with zero attached hydrogens (tertiary/aromatic N) is 1. The van der Waals surface area contributed by atoms with E-state index in [1.807, 2.05) is 98.0 Å². The fourth-order valence-electron chi connectivity index (χ4n) is 3.59. The summed E-state index contributed by atoms with van der Waals surface area (Å²) in [6, 6.07) is 28.0. The van der Waals surface area contributed by atoms with E-state index in [1.54, 1.807) is 6.92 Å². The molecule has 0 spiro atoms. The van der Waals surface area contributed by atoms with Gasteiger partial charge in [0.25, 0.3) is 0 Å². The highest BCUT2D eigenvalue weighted by Crippen LogP contribution is 2.31. The lowest BCUT2D eigenvalue weighted by atomic mass is 10.0. The second kappa shape index (κ2) is 8.04. The largest absolute Gasteiger partial charge is 0.319 e. The van der Waals surface area contributed by atoms with Crippen molar-refractivity contribution >= 4 is 5.78 Å². The number of para-hydroxylation sites is 1. The molecule has 0 aliphatic carbocycles. The lowest BCUT2D eigenvalue weighted by molar-refractivity contribution is 0.101. The van der Waals surface area contributed by atoms with Crippen molar-refractivity contribution < 1.29 is 4.79 Å². The van der Waals surface area contributed by atoms with Crippen LogP contribution in [0.4, 0.5) is 0 Å². The molecule has 0 unspecified atom stereocenters. The van der Waals surface area contributed by atoms with E-state index in [9.17, 15) is 4.79 Å². The summed E-state index contributed by atoms with van der Waals surface area (Å²) in [5, 5.41) is 0. The fraction of sp³-hybridized carbons (Fsp3) is 0.0741. The second-order valence-corrected chi connectivity index (χ2v) is 6.93. The molecule has 1 heterocycles. The Labute approximate surface area is 171 Å². The lowest BCUT2D eigenvalue weighted by Crippen LogP contribution is -2.01. The molecule has 0 aliphatic heterocycles. The number of aromatic nitrogens is 1. The summed E-state index contributed by atoms with van der Waals surface area (Å²) in [6.45, 7) is 3.62. The van der Waals surface area contributed by atoms with Crippen molar-refractivity contribution in [3.05, 3.63) is 114 Å². The third-order valence-electron chi connectivity index (χ3n) is 4.97. The molecule has 0 saturated heterocycles. The molecule has 0 saturated carbocycles. The van der Waals surface area contributed by atoms with Crippen LogP contribution in [0.1, 0.15) is 34.1 Å². The van der Waals surface area contributed by atoms with Gasteiger partial charge in [-0.1, -0.05) is 72.5 Å². The van der Waals surface area contributed by atoms with Gasteiger partial charge >= 0.3 is 0 Å². The molecule has 2 nitrogen and oxygen atoms in total. The molecule has 140 valence electrons.